The zero-order valence-electron chi connectivity index (χ0n) is 12.0. The molecule has 3 heterocycles. The Morgan fingerprint density at radius 3 is 3.00 bits per heavy atom. The predicted octanol–water partition coefficient (Wildman–Crippen LogP) is 3.42. The van der Waals surface area contributed by atoms with Gasteiger partial charge in [-0.15, -0.1) is 0 Å². The van der Waals surface area contributed by atoms with Gasteiger partial charge >= 0.3 is 0 Å². The molecule has 0 aliphatic carbocycles. The van der Waals surface area contributed by atoms with Crippen LogP contribution in [0.2, 0.25) is 0 Å². The van der Waals surface area contributed by atoms with Crippen LogP contribution in [0.3, 0.4) is 0 Å². The van der Waals surface area contributed by atoms with Crippen LogP contribution in [0.15, 0.2) is 54.6 Å². The third-order valence-corrected chi connectivity index (χ3v) is 3.22. The predicted molar refractivity (Wildman–Crippen MR) is 79.7 cm³/mol. The van der Waals surface area contributed by atoms with Crippen molar-refractivity contribution in [3.05, 3.63) is 66.3 Å². The first-order valence-corrected chi connectivity index (χ1v) is 6.64. The molecule has 0 aromatic carbocycles. The second kappa shape index (κ2) is 5.85. The Morgan fingerprint density at radius 2 is 2.27 bits per heavy atom. The summed E-state index contributed by atoms with van der Waals surface area (Å²) < 4.78 is 23.6. The van der Waals surface area contributed by atoms with Gasteiger partial charge in [-0.05, 0) is 36.8 Å². The minimum atomic E-state index is -0.534. The highest BCUT2D eigenvalue weighted by Gasteiger charge is 2.10. The van der Waals surface area contributed by atoms with Gasteiger partial charge in [0.25, 0.3) is 0 Å². The average molecular weight is 299 g/mol. The van der Waals surface area contributed by atoms with Gasteiger partial charge in [-0.25, -0.2) is 4.98 Å². The Hall–Kier alpha value is -2.89. The maximum Gasteiger partial charge on any atom is 0.230 e. The Balaban J connectivity index is 1.77. The van der Waals surface area contributed by atoms with Crippen molar-refractivity contribution in [2.75, 3.05) is 6.79 Å². The third kappa shape index (κ3) is 2.90. The number of nitrogens with zero attached hydrogens (tertiary/aromatic N) is 2. The molecule has 0 radical (unpaired) electrons. The highest BCUT2D eigenvalue weighted by Crippen LogP contribution is 2.22. The van der Waals surface area contributed by atoms with E-state index in [1.165, 1.54) is 12.3 Å². The molecule has 112 valence electrons. The molecule has 1 aliphatic heterocycles. The number of aromatic amines is 1. The van der Waals surface area contributed by atoms with Crippen LogP contribution in [0.1, 0.15) is 12.6 Å². The molecule has 2 aromatic rings. The van der Waals surface area contributed by atoms with Crippen LogP contribution < -0.4 is 0 Å². The molecule has 3 rings (SSSR count). The van der Waals surface area contributed by atoms with Gasteiger partial charge in [-0.3, -0.25) is 5.10 Å². The van der Waals surface area contributed by atoms with Crippen LogP contribution in [0.4, 0.5) is 4.39 Å². The molecule has 0 unspecified atom stereocenters. The fourth-order valence-electron chi connectivity index (χ4n) is 1.99. The van der Waals surface area contributed by atoms with Gasteiger partial charge in [-0.1, -0.05) is 6.58 Å². The summed E-state index contributed by atoms with van der Waals surface area (Å²) in [5.41, 5.74) is 2.74. The smallest absolute Gasteiger partial charge is 0.230 e. The molecule has 0 saturated heterocycles. The Morgan fingerprint density at radius 1 is 1.41 bits per heavy atom. The lowest BCUT2D eigenvalue weighted by molar-refractivity contribution is 0.0750. The number of hydrogen-bond donors (Lipinski definition) is 1. The maximum atomic E-state index is 13.1. The van der Waals surface area contributed by atoms with Crippen molar-refractivity contribution in [2.45, 2.75) is 6.92 Å². The van der Waals surface area contributed by atoms with E-state index in [2.05, 4.69) is 21.8 Å². The van der Waals surface area contributed by atoms with E-state index in [0.717, 1.165) is 5.76 Å². The first kappa shape index (κ1) is 14.1. The van der Waals surface area contributed by atoms with Crippen LogP contribution in [-0.2, 0) is 9.47 Å². The summed E-state index contributed by atoms with van der Waals surface area (Å²) >= 11 is 0. The summed E-state index contributed by atoms with van der Waals surface area (Å²) in [6.07, 6.45) is 4.98. The topological polar surface area (TPSA) is 60.0 Å². The molecule has 5 nitrogen and oxygen atoms in total. The first-order valence-electron chi connectivity index (χ1n) is 6.64. The van der Waals surface area contributed by atoms with Gasteiger partial charge in [0.2, 0.25) is 12.7 Å². The minimum Gasteiger partial charge on any atom is -0.458 e. The van der Waals surface area contributed by atoms with E-state index in [-0.39, 0.29) is 6.79 Å². The van der Waals surface area contributed by atoms with Gasteiger partial charge in [0.15, 0.2) is 5.76 Å². The number of allylic oxidation sites excluding steroid dienone is 4. The molecule has 0 atom stereocenters. The van der Waals surface area contributed by atoms with E-state index in [0.29, 0.717) is 28.3 Å². The van der Waals surface area contributed by atoms with Crippen molar-refractivity contribution >= 4 is 5.57 Å². The van der Waals surface area contributed by atoms with Crippen LogP contribution in [0, 0.1) is 5.95 Å². The molecule has 0 bridgehead atoms. The standard InChI is InChI=1S/C16H14FN3O2/c1-10(3-4-15-11(2)21-9-22-15)13-8-14(20-19-13)12-5-6-18-16(17)7-12/h3-8H,1,9H2,2H3,(H,19,20)/b4-3-. The molecule has 1 N–H and O–H groups in total. The number of rotatable bonds is 4. The van der Waals surface area contributed by atoms with Crippen LogP contribution in [0.5, 0.6) is 0 Å². The lowest BCUT2D eigenvalue weighted by atomic mass is 10.1. The zero-order chi connectivity index (χ0) is 15.5. The van der Waals surface area contributed by atoms with Crippen LogP contribution in [0.25, 0.3) is 16.8 Å². The summed E-state index contributed by atoms with van der Waals surface area (Å²) in [6, 6.07) is 4.85. The summed E-state index contributed by atoms with van der Waals surface area (Å²) in [6.45, 7) is 6.03. The Labute approximate surface area is 126 Å². The van der Waals surface area contributed by atoms with Gasteiger partial charge < -0.3 is 9.47 Å². The molecule has 1 aliphatic rings. The largest absolute Gasteiger partial charge is 0.458 e. The molecule has 6 heteroatoms. The fraction of sp³-hybridized carbons (Fsp3) is 0.125. The monoisotopic (exact) mass is 299 g/mol. The highest BCUT2D eigenvalue weighted by atomic mass is 19.1. The normalized spacial score (nSPS) is 14.3. The first-order chi connectivity index (χ1) is 10.6. The lowest BCUT2D eigenvalue weighted by Gasteiger charge is -1.96. The van der Waals surface area contributed by atoms with Crippen molar-refractivity contribution in [1.29, 1.82) is 0 Å². The summed E-state index contributed by atoms with van der Waals surface area (Å²) in [4.78, 5) is 3.53. The van der Waals surface area contributed by atoms with Crippen molar-refractivity contribution in [3.63, 3.8) is 0 Å². The van der Waals surface area contributed by atoms with Gasteiger partial charge in [0.05, 0.1) is 11.4 Å². The number of H-pyrrole nitrogens is 1. The van der Waals surface area contributed by atoms with Crippen molar-refractivity contribution in [2.24, 2.45) is 0 Å². The second-order valence-corrected chi connectivity index (χ2v) is 4.72. The second-order valence-electron chi connectivity index (χ2n) is 4.72. The zero-order valence-corrected chi connectivity index (χ0v) is 12.0. The van der Waals surface area contributed by atoms with E-state index in [9.17, 15) is 4.39 Å². The summed E-state index contributed by atoms with van der Waals surface area (Å²) in [7, 11) is 0. The number of nitrogens with one attached hydrogen (secondary N) is 1. The Kier molecular flexibility index (Phi) is 3.74. The van der Waals surface area contributed by atoms with Gasteiger partial charge in [0, 0.05) is 17.8 Å². The van der Waals surface area contributed by atoms with Crippen molar-refractivity contribution in [1.82, 2.24) is 15.2 Å². The minimum absolute atomic E-state index is 0.234. The summed E-state index contributed by atoms with van der Waals surface area (Å²) in [5, 5.41) is 7.04. The van der Waals surface area contributed by atoms with E-state index < -0.39 is 5.95 Å². The van der Waals surface area contributed by atoms with Gasteiger partial charge in [0.1, 0.15) is 5.76 Å². The number of pyridine rings is 1. The number of halogens is 1. The quantitative estimate of drug-likeness (QED) is 0.694. The summed E-state index contributed by atoms with van der Waals surface area (Å²) in [5.74, 6) is 0.875. The molecule has 2 aromatic heterocycles. The molecule has 0 saturated carbocycles. The third-order valence-electron chi connectivity index (χ3n) is 3.22. The van der Waals surface area contributed by atoms with Crippen molar-refractivity contribution in [3.8, 4) is 11.3 Å². The van der Waals surface area contributed by atoms with Gasteiger partial charge in [-0.2, -0.15) is 9.49 Å². The molecule has 0 amide bonds. The van der Waals surface area contributed by atoms with E-state index in [4.69, 9.17) is 9.47 Å². The average Bonchev–Trinajstić information content (AvgIpc) is 3.14. The molecule has 0 fully saturated rings. The van der Waals surface area contributed by atoms with Crippen molar-refractivity contribution < 1.29 is 13.9 Å². The SMILES string of the molecule is C=C(/C=C\C1=C(C)OCO1)c1cc(-c2ccnc(F)c2)[nH]n1. The van der Waals surface area contributed by atoms with Crippen LogP contribution >= 0.6 is 0 Å². The number of aromatic nitrogens is 3. The Bertz CT molecular complexity index is 777. The van der Waals surface area contributed by atoms with E-state index in [1.54, 1.807) is 24.3 Å². The molecular weight excluding hydrogens is 285 g/mol. The lowest BCUT2D eigenvalue weighted by Crippen LogP contribution is -1.83. The maximum absolute atomic E-state index is 13.1. The number of ether oxygens (including phenoxy) is 2. The number of hydrogen-bond acceptors (Lipinski definition) is 4. The molecular formula is C16H14FN3O2. The van der Waals surface area contributed by atoms with E-state index >= 15 is 0 Å². The fourth-order valence-corrected chi connectivity index (χ4v) is 1.99. The molecule has 22 heavy (non-hydrogen) atoms. The van der Waals surface area contributed by atoms with Crippen LogP contribution in [-0.4, -0.2) is 22.0 Å². The van der Waals surface area contributed by atoms with E-state index in [1.807, 2.05) is 6.92 Å². The highest BCUT2D eigenvalue weighted by molar-refractivity contribution is 5.73. The molecule has 0 spiro atoms.